The fraction of sp³-hybridized carbons (Fsp3) is 0.316. The van der Waals surface area contributed by atoms with E-state index in [-0.39, 0.29) is 23.2 Å². The number of carbonyl (C=O) groups excluding carboxylic acids is 1. The summed E-state index contributed by atoms with van der Waals surface area (Å²) in [5, 5.41) is 4.53. The van der Waals surface area contributed by atoms with Crippen LogP contribution < -0.4 is 5.32 Å². The summed E-state index contributed by atoms with van der Waals surface area (Å²) in [6.45, 7) is 1.92. The molecule has 0 saturated carbocycles. The fourth-order valence-electron chi connectivity index (χ4n) is 3.13. The lowest BCUT2D eigenvalue weighted by Crippen LogP contribution is -2.27. The van der Waals surface area contributed by atoms with Gasteiger partial charge >= 0.3 is 0 Å². The molecule has 3 aromatic rings. The van der Waals surface area contributed by atoms with Crippen molar-refractivity contribution >= 4 is 28.1 Å². The van der Waals surface area contributed by atoms with Crippen molar-refractivity contribution in [3.8, 4) is 0 Å². The number of rotatable bonds is 3. The Morgan fingerprint density at radius 2 is 2.04 bits per heavy atom. The van der Waals surface area contributed by atoms with Crippen LogP contribution in [-0.4, -0.2) is 15.9 Å². The molecule has 2 heterocycles. The number of hydrogen-bond acceptors (Lipinski definition) is 4. The molecule has 0 bridgehead atoms. The summed E-state index contributed by atoms with van der Waals surface area (Å²) in [7, 11) is 0. The number of nitrogens with zero attached hydrogens (tertiary/aromatic N) is 2. The summed E-state index contributed by atoms with van der Waals surface area (Å²) < 4.78 is 13.9. The van der Waals surface area contributed by atoms with E-state index in [0.29, 0.717) is 5.39 Å². The van der Waals surface area contributed by atoms with Gasteiger partial charge in [-0.15, -0.1) is 11.3 Å². The molecule has 0 radical (unpaired) electrons. The number of aryl methyl sites for hydroxylation is 2. The number of thiazole rings is 1. The number of hydrogen-bond donors (Lipinski definition) is 1. The van der Waals surface area contributed by atoms with Crippen LogP contribution in [0, 0.1) is 5.82 Å². The van der Waals surface area contributed by atoms with E-state index in [1.54, 1.807) is 35.6 Å². The van der Waals surface area contributed by atoms with Crippen LogP contribution in [0.1, 0.15) is 51.9 Å². The van der Waals surface area contributed by atoms with Crippen LogP contribution in [-0.2, 0) is 12.8 Å². The van der Waals surface area contributed by atoms with E-state index in [4.69, 9.17) is 0 Å². The smallest absolute Gasteiger partial charge is 0.270 e. The van der Waals surface area contributed by atoms with Crippen LogP contribution in [0.15, 0.2) is 30.3 Å². The van der Waals surface area contributed by atoms with Crippen molar-refractivity contribution in [2.75, 3.05) is 0 Å². The third-order valence-corrected chi connectivity index (χ3v) is 5.82. The van der Waals surface area contributed by atoms with E-state index < -0.39 is 5.82 Å². The molecule has 1 aromatic carbocycles. The van der Waals surface area contributed by atoms with Crippen molar-refractivity contribution in [2.45, 2.75) is 38.6 Å². The number of carbonyl (C=O) groups is 1. The largest absolute Gasteiger partial charge is 0.342 e. The first kappa shape index (κ1) is 16.1. The van der Waals surface area contributed by atoms with Gasteiger partial charge in [0.05, 0.1) is 11.7 Å². The van der Waals surface area contributed by atoms with Gasteiger partial charge in [0.15, 0.2) is 0 Å². The van der Waals surface area contributed by atoms with Gasteiger partial charge in [0.1, 0.15) is 22.0 Å². The van der Waals surface area contributed by atoms with Crippen molar-refractivity contribution in [2.24, 2.45) is 0 Å². The zero-order valence-corrected chi connectivity index (χ0v) is 14.7. The molecule has 4 nitrogen and oxygen atoms in total. The molecule has 0 aliphatic heterocycles. The van der Waals surface area contributed by atoms with E-state index in [1.807, 2.05) is 6.92 Å². The highest BCUT2D eigenvalue weighted by molar-refractivity contribution is 7.11. The first-order chi connectivity index (χ1) is 12.1. The molecule has 6 heteroatoms. The van der Waals surface area contributed by atoms with Gasteiger partial charge in [-0.25, -0.2) is 14.4 Å². The predicted molar refractivity (Wildman–Crippen MR) is 96.3 cm³/mol. The molecule has 128 valence electrons. The van der Waals surface area contributed by atoms with Crippen molar-refractivity contribution in [1.82, 2.24) is 15.3 Å². The Balaban J connectivity index is 1.55. The lowest BCUT2D eigenvalue weighted by atomic mass is 10.0. The first-order valence-electron chi connectivity index (χ1n) is 8.46. The lowest BCUT2D eigenvalue weighted by Gasteiger charge is -2.11. The summed E-state index contributed by atoms with van der Waals surface area (Å²) >= 11 is 1.68. The van der Waals surface area contributed by atoms with Gasteiger partial charge in [-0.1, -0.05) is 18.2 Å². The Morgan fingerprint density at radius 3 is 2.88 bits per heavy atom. The second kappa shape index (κ2) is 6.52. The van der Waals surface area contributed by atoms with Gasteiger partial charge in [-0.05, 0) is 44.7 Å². The van der Waals surface area contributed by atoms with E-state index >= 15 is 0 Å². The maximum atomic E-state index is 13.9. The zero-order chi connectivity index (χ0) is 17.4. The molecule has 1 N–H and O–H groups in total. The summed E-state index contributed by atoms with van der Waals surface area (Å²) in [6, 6.07) is 7.89. The average Bonchev–Trinajstić information content (AvgIpc) is 3.06. The van der Waals surface area contributed by atoms with Crippen LogP contribution >= 0.6 is 11.3 Å². The first-order valence-corrected chi connectivity index (χ1v) is 9.28. The van der Waals surface area contributed by atoms with Crippen LogP contribution in [0.2, 0.25) is 0 Å². The molecule has 0 spiro atoms. The van der Waals surface area contributed by atoms with Crippen LogP contribution in [0.5, 0.6) is 0 Å². The predicted octanol–water partition coefficient (Wildman–Crippen LogP) is 4.20. The average molecular weight is 355 g/mol. The molecule has 0 saturated heterocycles. The molecule has 1 atom stereocenters. The Morgan fingerprint density at radius 1 is 1.20 bits per heavy atom. The number of aromatic nitrogens is 2. The molecule has 2 aromatic heterocycles. The molecule has 1 amide bonds. The Labute approximate surface area is 149 Å². The number of nitrogens with one attached hydrogen (secondary N) is 1. The monoisotopic (exact) mass is 355 g/mol. The van der Waals surface area contributed by atoms with Crippen molar-refractivity contribution in [1.29, 1.82) is 0 Å². The van der Waals surface area contributed by atoms with Gasteiger partial charge in [0, 0.05) is 10.3 Å². The normalized spacial score (nSPS) is 15.0. The van der Waals surface area contributed by atoms with E-state index in [0.717, 1.165) is 17.8 Å². The second-order valence-electron chi connectivity index (χ2n) is 6.33. The Kier molecular flexibility index (Phi) is 4.21. The maximum Gasteiger partial charge on any atom is 0.270 e. The van der Waals surface area contributed by atoms with Gasteiger partial charge in [0.2, 0.25) is 0 Å². The summed E-state index contributed by atoms with van der Waals surface area (Å²) in [5.74, 6) is -0.737. The number of fused-ring (bicyclic) bond motifs is 2. The number of benzene rings is 1. The maximum absolute atomic E-state index is 13.9. The van der Waals surface area contributed by atoms with Crippen molar-refractivity contribution < 1.29 is 9.18 Å². The standard InChI is InChI=1S/C19H18FN3OS/c1-11(19-23-14-7-2-3-8-16(14)25-19)21-18(24)15-10-9-12-5-4-6-13(20)17(12)22-15/h4-6,9-11H,2-3,7-8H2,1H3,(H,21,24). The number of amides is 1. The van der Waals surface area contributed by atoms with Crippen LogP contribution in [0.25, 0.3) is 10.9 Å². The minimum Gasteiger partial charge on any atom is -0.342 e. The lowest BCUT2D eigenvalue weighted by molar-refractivity contribution is 0.0935. The third-order valence-electron chi connectivity index (χ3n) is 4.48. The number of para-hydroxylation sites is 1. The molecule has 4 rings (SSSR count). The highest BCUT2D eigenvalue weighted by Gasteiger charge is 2.20. The molecule has 1 unspecified atom stereocenters. The molecule has 25 heavy (non-hydrogen) atoms. The molecule has 0 fully saturated rings. The van der Waals surface area contributed by atoms with E-state index in [1.165, 1.54) is 29.5 Å². The quantitative estimate of drug-likeness (QED) is 0.766. The topological polar surface area (TPSA) is 54.9 Å². The zero-order valence-electron chi connectivity index (χ0n) is 13.9. The van der Waals surface area contributed by atoms with Crippen LogP contribution in [0.4, 0.5) is 4.39 Å². The molecule has 1 aliphatic rings. The number of pyridine rings is 1. The highest BCUT2D eigenvalue weighted by Crippen LogP contribution is 2.29. The van der Waals surface area contributed by atoms with E-state index in [2.05, 4.69) is 15.3 Å². The van der Waals surface area contributed by atoms with Crippen molar-refractivity contribution in [3.05, 3.63) is 57.4 Å². The summed E-state index contributed by atoms with van der Waals surface area (Å²) in [5.41, 5.74) is 1.61. The molecular weight excluding hydrogens is 337 g/mol. The van der Waals surface area contributed by atoms with E-state index in [9.17, 15) is 9.18 Å². The van der Waals surface area contributed by atoms with Crippen molar-refractivity contribution in [3.63, 3.8) is 0 Å². The Bertz CT molecular complexity index is 929. The Hall–Kier alpha value is -2.34. The SMILES string of the molecule is CC(NC(=O)c1ccc2cccc(F)c2n1)c1nc2c(s1)CCCC2. The third kappa shape index (κ3) is 3.14. The molecule has 1 aliphatic carbocycles. The summed E-state index contributed by atoms with van der Waals surface area (Å²) in [4.78, 5) is 22.7. The van der Waals surface area contributed by atoms with Gasteiger partial charge in [-0.2, -0.15) is 0 Å². The van der Waals surface area contributed by atoms with Gasteiger partial charge in [-0.3, -0.25) is 4.79 Å². The fourth-order valence-corrected chi connectivity index (χ4v) is 4.28. The van der Waals surface area contributed by atoms with Gasteiger partial charge in [0.25, 0.3) is 5.91 Å². The molecular formula is C19H18FN3OS. The minimum atomic E-state index is -0.423. The summed E-state index contributed by atoms with van der Waals surface area (Å²) in [6.07, 6.45) is 4.50. The van der Waals surface area contributed by atoms with Gasteiger partial charge < -0.3 is 5.32 Å². The second-order valence-corrected chi connectivity index (χ2v) is 7.45. The highest BCUT2D eigenvalue weighted by atomic mass is 32.1. The van der Waals surface area contributed by atoms with Crippen LogP contribution in [0.3, 0.4) is 0 Å². The number of halogens is 1. The minimum absolute atomic E-state index is 0.193.